The number of imidazole rings is 1. The first-order chi connectivity index (χ1) is 27.8. The van der Waals surface area contributed by atoms with Crippen LogP contribution >= 0.6 is 0 Å². The van der Waals surface area contributed by atoms with Crippen LogP contribution in [0.1, 0.15) is 26.3 Å². The summed E-state index contributed by atoms with van der Waals surface area (Å²) in [5.74, 6) is 0. The van der Waals surface area contributed by atoms with Gasteiger partial charge in [0.15, 0.2) is 0 Å². The Labute approximate surface area is 346 Å². The third-order valence-corrected chi connectivity index (χ3v) is 11.9. The van der Waals surface area contributed by atoms with Crippen LogP contribution < -0.4 is 16.4 Å². The van der Waals surface area contributed by atoms with Gasteiger partial charge in [-0.15, -0.1) is 0 Å². The molecule has 0 saturated heterocycles. The second kappa shape index (κ2) is 15.5. The molecule has 0 aliphatic carbocycles. The normalized spacial score (nSPS) is 11.5. The molecule has 278 valence electrons. The van der Waals surface area contributed by atoms with Crippen LogP contribution in [0.25, 0.3) is 55.9 Å². The van der Waals surface area contributed by atoms with Gasteiger partial charge in [-0.2, -0.15) is 0 Å². The van der Waals surface area contributed by atoms with E-state index >= 15 is 0 Å². The molecule has 0 aliphatic heterocycles. The molecule has 2 aromatic heterocycles. The number of benzene rings is 7. The summed E-state index contributed by atoms with van der Waals surface area (Å²) < 4.78 is 5.89. The summed E-state index contributed by atoms with van der Waals surface area (Å²) >= 11 is 2.51. The maximum atomic E-state index is 4.76. The Hall–Kier alpha value is -6.09. The molecular weight excluding hydrogens is 872 g/mol. The molecule has 57 heavy (non-hydrogen) atoms. The Morgan fingerprint density at radius 2 is 1.00 bits per heavy atom. The number of pyridine rings is 1. The van der Waals surface area contributed by atoms with Crippen LogP contribution in [0, 0.1) is 3.80 Å². The first-order valence-corrected chi connectivity index (χ1v) is 20.6. The fourth-order valence-electron chi connectivity index (χ4n) is 8.11. The van der Waals surface area contributed by atoms with Gasteiger partial charge >= 0.3 is 342 Å². The molecular formula is C52H42BN3Pt. The Morgan fingerprint density at radius 3 is 1.60 bits per heavy atom. The Kier molecular flexibility index (Phi) is 9.91. The van der Waals surface area contributed by atoms with Gasteiger partial charge in [0.25, 0.3) is 0 Å². The first kappa shape index (κ1) is 36.5. The summed E-state index contributed by atoms with van der Waals surface area (Å²) in [7, 11) is 0. The molecule has 9 aromatic rings. The molecule has 7 aromatic carbocycles. The van der Waals surface area contributed by atoms with Crippen molar-refractivity contribution in [3.63, 3.8) is 0 Å². The van der Waals surface area contributed by atoms with E-state index in [9.17, 15) is 0 Å². The molecule has 0 spiro atoms. The molecule has 0 atom stereocenters. The number of hydrogen-bond acceptors (Lipinski definition) is 1. The van der Waals surface area contributed by atoms with E-state index in [2.05, 4.69) is 237 Å². The van der Waals surface area contributed by atoms with Crippen molar-refractivity contribution in [2.24, 2.45) is 0 Å². The predicted molar refractivity (Wildman–Crippen MR) is 236 cm³/mol. The second-order valence-electron chi connectivity index (χ2n) is 15.6. The number of fused-ring (bicyclic) bond motifs is 1. The molecule has 0 bridgehead atoms. The van der Waals surface area contributed by atoms with Crippen molar-refractivity contribution in [2.75, 3.05) is 0 Å². The number of hydrogen-bond donors (Lipinski definition) is 0. The Balaban J connectivity index is 1.29. The molecule has 3 nitrogen and oxygen atoms in total. The molecule has 0 amide bonds. The Morgan fingerprint density at radius 1 is 0.474 bits per heavy atom. The van der Waals surface area contributed by atoms with Gasteiger partial charge in [-0.25, -0.2) is 0 Å². The van der Waals surface area contributed by atoms with Gasteiger partial charge in [0, 0.05) is 0 Å². The molecule has 9 rings (SSSR count). The van der Waals surface area contributed by atoms with Crippen LogP contribution in [0.3, 0.4) is 0 Å². The van der Waals surface area contributed by atoms with E-state index in [1.54, 1.807) is 0 Å². The van der Waals surface area contributed by atoms with E-state index in [1.165, 1.54) is 44.2 Å². The van der Waals surface area contributed by atoms with E-state index in [0.29, 0.717) is 0 Å². The number of rotatable bonds is 8. The van der Waals surface area contributed by atoms with Crippen molar-refractivity contribution in [1.82, 2.24) is 14.1 Å². The van der Waals surface area contributed by atoms with Crippen molar-refractivity contribution in [3.8, 4) is 44.9 Å². The van der Waals surface area contributed by atoms with Crippen molar-refractivity contribution < 1.29 is 19.4 Å². The SMILES string of the molecule is CC(C)(C)c1ccc(-n2[c](=[Pt])n(-c3cccc(B(c4cccc(-c5ccccn5)c4)c4c(-c5ccccc5)cccc4-c4ccccc4)c3)c3ccccc32)cc1. The zero-order valence-electron chi connectivity index (χ0n) is 32.3. The summed E-state index contributed by atoms with van der Waals surface area (Å²) in [6, 6.07) is 70.4. The van der Waals surface area contributed by atoms with Gasteiger partial charge in [-0.3, -0.25) is 0 Å². The zero-order valence-corrected chi connectivity index (χ0v) is 34.6. The van der Waals surface area contributed by atoms with Crippen LogP contribution in [-0.4, -0.2) is 20.8 Å². The maximum absolute atomic E-state index is 4.76. The third kappa shape index (κ3) is 7.11. The van der Waals surface area contributed by atoms with Gasteiger partial charge in [-0.1, -0.05) is 0 Å². The molecule has 0 unspecified atom stereocenters. The van der Waals surface area contributed by atoms with E-state index in [0.717, 1.165) is 37.5 Å². The second-order valence-corrected chi connectivity index (χ2v) is 16.6. The molecule has 0 saturated carbocycles. The van der Waals surface area contributed by atoms with Crippen LogP contribution in [0.4, 0.5) is 0 Å². The van der Waals surface area contributed by atoms with Gasteiger partial charge in [0.2, 0.25) is 0 Å². The molecule has 5 heteroatoms. The van der Waals surface area contributed by atoms with Crippen LogP contribution in [-0.2, 0) is 24.8 Å². The number of para-hydroxylation sites is 2. The fourth-order valence-corrected chi connectivity index (χ4v) is 9.24. The van der Waals surface area contributed by atoms with Gasteiger partial charge in [0.05, 0.1) is 0 Å². The first-order valence-electron chi connectivity index (χ1n) is 19.5. The third-order valence-electron chi connectivity index (χ3n) is 10.9. The topological polar surface area (TPSA) is 22.8 Å². The van der Waals surface area contributed by atoms with Gasteiger partial charge in [0.1, 0.15) is 0 Å². The summed E-state index contributed by atoms with van der Waals surface area (Å²) in [5.41, 5.74) is 16.5. The van der Waals surface area contributed by atoms with Gasteiger partial charge in [-0.05, 0) is 6.07 Å². The van der Waals surface area contributed by atoms with Gasteiger partial charge < -0.3 is 0 Å². The average Bonchev–Trinajstić information content (AvgIpc) is 3.56. The fraction of sp³-hybridized carbons (Fsp3) is 0.0769. The van der Waals surface area contributed by atoms with Crippen LogP contribution in [0.15, 0.2) is 200 Å². The molecule has 0 aliphatic rings. The van der Waals surface area contributed by atoms with Crippen molar-refractivity contribution >= 4 is 34.1 Å². The van der Waals surface area contributed by atoms with Crippen molar-refractivity contribution in [1.29, 1.82) is 0 Å². The summed E-state index contributed by atoms with van der Waals surface area (Å²) in [5, 5.41) is 0. The van der Waals surface area contributed by atoms with Crippen molar-refractivity contribution in [2.45, 2.75) is 26.2 Å². The van der Waals surface area contributed by atoms with E-state index in [4.69, 9.17) is 4.98 Å². The minimum atomic E-state index is -0.114. The number of nitrogens with zero attached hydrogens (tertiary/aromatic N) is 3. The Bertz CT molecular complexity index is 2830. The van der Waals surface area contributed by atoms with E-state index in [1.807, 2.05) is 12.3 Å². The minimum absolute atomic E-state index is 0.0815. The molecule has 2 heterocycles. The standard InChI is InChI=1S/C52H42BN3.Pt/c1-52(2,3)41-30-32-44(33-31-41)55-37-56(50-29-11-10-28-49(50)55)45-24-15-23-43(36-45)53(42-22-14-21-40(35-42)48-27-12-13-34-54-48)51-46(38-17-6-4-7-18-38)25-16-26-47(51)39-19-8-5-9-20-39;/h4-36H,1-3H3;. The summed E-state index contributed by atoms with van der Waals surface area (Å²) in [4.78, 5) is 4.76. The quantitative estimate of drug-likeness (QED) is 0.139. The summed E-state index contributed by atoms with van der Waals surface area (Å²) in [6.45, 7) is 6.68. The molecule has 0 N–H and O–H groups in total. The molecule has 0 fully saturated rings. The van der Waals surface area contributed by atoms with Crippen LogP contribution in [0.2, 0.25) is 0 Å². The predicted octanol–water partition coefficient (Wildman–Crippen LogP) is 10.7. The monoisotopic (exact) mass is 914 g/mol. The average molecular weight is 915 g/mol. The zero-order chi connectivity index (χ0) is 38.9. The molecule has 0 radical (unpaired) electrons. The van der Waals surface area contributed by atoms with Crippen molar-refractivity contribution in [3.05, 3.63) is 210 Å². The van der Waals surface area contributed by atoms with Crippen LogP contribution in [0.5, 0.6) is 0 Å². The van der Waals surface area contributed by atoms with E-state index in [-0.39, 0.29) is 12.1 Å². The van der Waals surface area contributed by atoms with E-state index < -0.39 is 0 Å². The summed E-state index contributed by atoms with van der Waals surface area (Å²) in [6.07, 6.45) is 1.87. The number of aromatic nitrogens is 3.